The number of nitrogens with zero attached hydrogens (tertiary/aromatic N) is 2. The number of pyridine rings is 1. The highest BCUT2D eigenvalue weighted by Gasteiger charge is 2.26. The van der Waals surface area contributed by atoms with E-state index in [2.05, 4.69) is 22.2 Å². The summed E-state index contributed by atoms with van der Waals surface area (Å²) in [6.07, 6.45) is 4.87. The first kappa shape index (κ1) is 18.4. The summed E-state index contributed by atoms with van der Waals surface area (Å²) in [5.74, 6) is -0.500. The lowest BCUT2D eigenvalue weighted by atomic mass is 9.95. The minimum atomic E-state index is -0.587. The zero-order valence-corrected chi connectivity index (χ0v) is 14.3. The number of aromatic nitrogens is 1. The predicted octanol–water partition coefficient (Wildman–Crippen LogP) is 1.50. The van der Waals surface area contributed by atoms with Gasteiger partial charge >= 0.3 is 0 Å². The van der Waals surface area contributed by atoms with Crippen LogP contribution in [0, 0.1) is 5.92 Å². The summed E-state index contributed by atoms with van der Waals surface area (Å²) in [5, 5.41) is 11.9. The molecule has 0 spiro atoms. The number of carbonyl (C=O) groups is 2. The molecule has 0 saturated carbocycles. The molecule has 1 fully saturated rings. The molecule has 7 nitrogen and oxygen atoms in total. The third-order valence-electron chi connectivity index (χ3n) is 4.49. The van der Waals surface area contributed by atoms with Gasteiger partial charge in [0.1, 0.15) is 0 Å². The highest BCUT2D eigenvalue weighted by Crippen LogP contribution is 2.21. The fourth-order valence-electron chi connectivity index (χ4n) is 2.99. The molecule has 7 heteroatoms. The van der Waals surface area contributed by atoms with Crippen molar-refractivity contribution >= 4 is 11.8 Å². The van der Waals surface area contributed by atoms with E-state index in [1.165, 1.54) is 12.3 Å². The Morgan fingerprint density at radius 2 is 2.12 bits per heavy atom. The summed E-state index contributed by atoms with van der Waals surface area (Å²) in [6, 6.07) is 2.91. The van der Waals surface area contributed by atoms with E-state index in [0.717, 1.165) is 38.8 Å². The lowest BCUT2D eigenvalue weighted by molar-refractivity contribution is -0.127. The van der Waals surface area contributed by atoms with Crippen molar-refractivity contribution in [1.82, 2.24) is 20.7 Å². The quantitative estimate of drug-likeness (QED) is 0.541. The Bertz CT molecular complexity index is 571. The third-order valence-corrected chi connectivity index (χ3v) is 4.49. The van der Waals surface area contributed by atoms with Gasteiger partial charge in [-0.05, 0) is 51.5 Å². The van der Waals surface area contributed by atoms with Gasteiger partial charge in [0.2, 0.25) is 5.91 Å². The van der Waals surface area contributed by atoms with Crippen LogP contribution in [0.4, 0.5) is 0 Å². The molecule has 2 heterocycles. The Kier molecular flexibility index (Phi) is 6.69. The van der Waals surface area contributed by atoms with E-state index < -0.39 is 5.91 Å². The summed E-state index contributed by atoms with van der Waals surface area (Å²) >= 11 is 0. The largest absolute Gasteiger partial charge is 0.347 e. The fraction of sp³-hybridized carbons (Fsp3) is 0.588. The Morgan fingerprint density at radius 1 is 1.42 bits per heavy atom. The first-order valence-electron chi connectivity index (χ1n) is 8.44. The molecular weight excluding hydrogens is 308 g/mol. The van der Waals surface area contributed by atoms with E-state index >= 15 is 0 Å². The molecule has 0 radical (unpaired) electrons. The van der Waals surface area contributed by atoms with Crippen LogP contribution in [0.15, 0.2) is 18.3 Å². The number of nitrogens with one attached hydrogen (secondary N) is 2. The zero-order chi connectivity index (χ0) is 17.5. The molecule has 1 aliphatic heterocycles. The van der Waals surface area contributed by atoms with E-state index in [1.54, 1.807) is 11.5 Å². The Morgan fingerprint density at radius 3 is 2.75 bits per heavy atom. The minimum Gasteiger partial charge on any atom is -0.347 e. The summed E-state index contributed by atoms with van der Waals surface area (Å²) in [5.41, 5.74) is 2.57. The molecule has 24 heavy (non-hydrogen) atoms. The normalized spacial score (nSPS) is 17.3. The van der Waals surface area contributed by atoms with Crippen molar-refractivity contribution in [2.45, 2.75) is 38.6 Å². The van der Waals surface area contributed by atoms with Gasteiger partial charge in [0.15, 0.2) is 0 Å². The maximum atomic E-state index is 12.6. The molecule has 1 aromatic heterocycles. The van der Waals surface area contributed by atoms with Crippen molar-refractivity contribution in [3.63, 3.8) is 0 Å². The Hall–Kier alpha value is -1.99. The van der Waals surface area contributed by atoms with Crippen molar-refractivity contribution < 1.29 is 14.8 Å². The maximum absolute atomic E-state index is 12.6. The maximum Gasteiger partial charge on any atom is 0.274 e. The van der Waals surface area contributed by atoms with Crippen LogP contribution in [0.3, 0.4) is 0 Å². The van der Waals surface area contributed by atoms with Crippen LogP contribution in [0.2, 0.25) is 0 Å². The van der Waals surface area contributed by atoms with E-state index in [1.807, 2.05) is 6.92 Å². The predicted molar refractivity (Wildman–Crippen MR) is 89.5 cm³/mol. The lowest BCUT2D eigenvalue weighted by Crippen LogP contribution is -2.40. The average molecular weight is 334 g/mol. The first-order valence-corrected chi connectivity index (χ1v) is 8.44. The second-order valence-corrected chi connectivity index (χ2v) is 6.34. The second-order valence-electron chi connectivity index (χ2n) is 6.34. The van der Waals surface area contributed by atoms with Crippen LogP contribution in [-0.4, -0.2) is 47.0 Å². The molecule has 3 N–H and O–H groups in total. The Balaban J connectivity index is 2.08. The van der Waals surface area contributed by atoms with Gasteiger partial charge in [-0.3, -0.25) is 19.8 Å². The standard InChI is InChI=1S/C17H26N4O3/c1-3-4-14(15-11-13(5-8-18-15)17(23)20-24)19-16(22)12-6-9-21(2)10-7-12/h5,8,11-12,14,24H,3-4,6-7,9-10H2,1-2H3,(H,19,22)(H,20,23)/t14-/m0/s1. The van der Waals surface area contributed by atoms with Gasteiger partial charge in [0.05, 0.1) is 11.7 Å². The topological polar surface area (TPSA) is 94.6 Å². The smallest absolute Gasteiger partial charge is 0.274 e. The number of hydroxylamine groups is 1. The van der Waals surface area contributed by atoms with E-state index in [9.17, 15) is 9.59 Å². The number of carbonyl (C=O) groups excluding carboxylic acids is 2. The van der Waals surface area contributed by atoms with Crippen molar-refractivity contribution in [3.8, 4) is 0 Å². The number of hydrogen-bond donors (Lipinski definition) is 3. The molecule has 1 atom stereocenters. The molecule has 0 unspecified atom stereocenters. The Labute approximate surface area is 142 Å². The SMILES string of the molecule is CCC[C@H](NC(=O)C1CCN(C)CC1)c1cc(C(=O)NO)ccn1. The highest BCUT2D eigenvalue weighted by molar-refractivity contribution is 5.93. The van der Waals surface area contributed by atoms with Crippen molar-refractivity contribution in [2.24, 2.45) is 5.92 Å². The van der Waals surface area contributed by atoms with E-state index in [0.29, 0.717) is 11.3 Å². The number of likely N-dealkylation sites (tertiary alicyclic amines) is 1. The van der Waals surface area contributed by atoms with Gasteiger partial charge in [-0.15, -0.1) is 0 Å². The third kappa shape index (κ3) is 4.75. The number of piperidine rings is 1. The van der Waals surface area contributed by atoms with Crippen molar-refractivity contribution in [2.75, 3.05) is 20.1 Å². The first-order chi connectivity index (χ1) is 11.5. The summed E-state index contributed by atoms with van der Waals surface area (Å²) in [4.78, 5) is 30.7. The van der Waals surface area contributed by atoms with Crippen LogP contribution >= 0.6 is 0 Å². The molecule has 1 saturated heterocycles. The van der Waals surface area contributed by atoms with Crippen LogP contribution in [0.1, 0.15) is 54.7 Å². The zero-order valence-electron chi connectivity index (χ0n) is 14.3. The molecule has 1 aromatic rings. The molecule has 1 aliphatic rings. The molecule has 0 bridgehead atoms. The molecule has 0 aromatic carbocycles. The molecule has 0 aliphatic carbocycles. The van der Waals surface area contributed by atoms with Gasteiger partial charge in [0.25, 0.3) is 5.91 Å². The number of rotatable bonds is 6. The summed E-state index contributed by atoms with van der Waals surface area (Å²) in [7, 11) is 2.07. The van der Waals surface area contributed by atoms with E-state index in [4.69, 9.17) is 5.21 Å². The van der Waals surface area contributed by atoms with Gasteiger partial charge < -0.3 is 10.2 Å². The van der Waals surface area contributed by atoms with Crippen LogP contribution < -0.4 is 10.8 Å². The monoisotopic (exact) mass is 334 g/mol. The molecular formula is C17H26N4O3. The summed E-state index contributed by atoms with van der Waals surface area (Å²) < 4.78 is 0. The average Bonchev–Trinajstić information content (AvgIpc) is 2.61. The van der Waals surface area contributed by atoms with Crippen molar-refractivity contribution in [1.29, 1.82) is 0 Å². The molecule has 2 rings (SSSR count). The van der Waals surface area contributed by atoms with Gasteiger partial charge in [-0.1, -0.05) is 13.3 Å². The van der Waals surface area contributed by atoms with Crippen LogP contribution in [0.25, 0.3) is 0 Å². The molecule has 2 amide bonds. The minimum absolute atomic E-state index is 0.0319. The summed E-state index contributed by atoms with van der Waals surface area (Å²) in [6.45, 7) is 3.90. The van der Waals surface area contributed by atoms with Gasteiger partial charge in [0, 0.05) is 17.7 Å². The van der Waals surface area contributed by atoms with Gasteiger partial charge in [-0.2, -0.15) is 0 Å². The second kappa shape index (κ2) is 8.75. The highest BCUT2D eigenvalue weighted by atomic mass is 16.5. The molecule has 132 valence electrons. The van der Waals surface area contributed by atoms with Crippen LogP contribution in [0.5, 0.6) is 0 Å². The van der Waals surface area contributed by atoms with Crippen molar-refractivity contribution in [3.05, 3.63) is 29.6 Å². The lowest BCUT2D eigenvalue weighted by Gasteiger charge is -2.29. The van der Waals surface area contributed by atoms with E-state index in [-0.39, 0.29) is 17.9 Å². The number of hydrogen-bond acceptors (Lipinski definition) is 5. The van der Waals surface area contributed by atoms with Crippen LogP contribution in [-0.2, 0) is 4.79 Å². The van der Waals surface area contributed by atoms with Gasteiger partial charge in [-0.25, -0.2) is 5.48 Å². The fourth-order valence-corrected chi connectivity index (χ4v) is 2.99. The number of amides is 2.